The molecular weight excluding hydrogens is 282 g/mol. The van der Waals surface area contributed by atoms with E-state index < -0.39 is 0 Å². The van der Waals surface area contributed by atoms with Gasteiger partial charge in [0.2, 0.25) is 5.91 Å². The van der Waals surface area contributed by atoms with Gasteiger partial charge < -0.3 is 10.5 Å². The number of carbonyl (C=O) groups excluding carboxylic acids is 1. The van der Waals surface area contributed by atoms with E-state index in [1.54, 1.807) is 0 Å². The Morgan fingerprint density at radius 2 is 2.18 bits per heavy atom. The number of benzene rings is 1. The summed E-state index contributed by atoms with van der Waals surface area (Å²) in [6, 6.07) is 5.96. The third-order valence-corrected chi connectivity index (χ3v) is 2.89. The maximum absolute atomic E-state index is 10.6. The minimum atomic E-state index is -0.254. The monoisotopic (exact) mass is 299 g/mol. The molecule has 1 aromatic carbocycles. The van der Waals surface area contributed by atoms with Crippen LogP contribution in [0.25, 0.3) is 0 Å². The average molecular weight is 300 g/mol. The van der Waals surface area contributed by atoms with Crippen LogP contribution < -0.4 is 10.5 Å². The number of aryl methyl sites for hydroxylation is 1. The van der Waals surface area contributed by atoms with Crippen molar-refractivity contribution in [1.29, 1.82) is 0 Å². The minimum absolute atomic E-state index is 0.254. The fourth-order valence-corrected chi connectivity index (χ4v) is 2.08. The number of primary amides is 1. The zero-order chi connectivity index (χ0) is 12.8. The van der Waals surface area contributed by atoms with E-state index >= 15 is 0 Å². The normalized spacial score (nSPS) is 12.2. The van der Waals surface area contributed by atoms with Gasteiger partial charge in [0.15, 0.2) is 0 Å². The van der Waals surface area contributed by atoms with Crippen LogP contribution >= 0.6 is 15.9 Å². The highest BCUT2D eigenvalue weighted by Gasteiger charge is 2.06. The SMILES string of the molecule is Cc1cc(Br)cc(OC[C@@H](C)CCC(N)=O)c1. The van der Waals surface area contributed by atoms with E-state index in [4.69, 9.17) is 10.5 Å². The first-order valence-electron chi connectivity index (χ1n) is 5.65. The Balaban J connectivity index is 2.41. The fourth-order valence-electron chi connectivity index (χ4n) is 1.50. The molecule has 3 nitrogen and oxygen atoms in total. The first-order chi connectivity index (χ1) is 7.97. The third-order valence-electron chi connectivity index (χ3n) is 2.43. The van der Waals surface area contributed by atoms with Gasteiger partial charge in [0.25, 0.3) is 0 Å². The molecule has 4 heteroatoms. The molecule has 94 valence electrons. The Kier molecular flexibility index (Phi) is 5.48. The van der Waals surface area contributed by atoms with E-state index in [0.29, 0.717) is 18.9 Å². The van der Waals surface area contributed by atoms with E-state index in [1.807, 2.05) is 32.0 Å². The predicted octanol–water partition coefficient (Wildman–Crippen LogP) is 3.04. The third kappa shape index (κ3) is 5.73. The van der Waals surface area contributed by atoms with Gasteiger partial charge in [-0.15, -0.1) is 0 Å². The van der Waals surface area contributed by atoms with Gasteiger partial charge in [0, 0.05) is 10.9 Å². The second kappa shape index (κ2) is 6.64. The van der Waals surface area contributed by atoms with Gasteiger partial charge >= 0.3 is 0 Å². The van der Waals surface area contributed by atoms with Gasteiger partial charge in [0.05, 0.1) is 6.61 Å². The van der Waals surface area contributed by atoms with Gasteiger partial charge in [-0.05, 0) is 43.0 Å². The molecule has 0 aliphatic rings. The Hall–Kier alpha value is -1.03. The molecule has 0 saturated heterocycles. The van der Waals surface area contributed by atoms with Crippen molar-refractivity contribution in [2.45, 2.75) is 26.7 Å². The lowest BCUT2D eigenvalue weighted by molar-refractivity contribution is -0.118. The van der Waals surface area contributed by atoms with Crippen molar-refractivity contribution >= 4 is 21.8 Å². The number of halogens is 1. The number of nitrogens with two attached hydrogens (primary N) is 1. The van der Waals surface area contributed by atoms with Crippen molar-refractivity contribution < 1.29 is 9.53 Å². The van der Waals surface area contributed by atoms with Gasteiger partial charge in [-0.3, -0.25) is 4.79 Å². The maximum Gasteiger partial charge on any atom is 0.217 e. The zero-order valence-corrected chi connectivity index (χ0v) is 11.8. The Morgan fingerprint density at radius 3 is 2.76 bits per heavy atom. The number of carbonyl (C=O) groups is 1. The lowest BCUT2D eigenvalue weighted by Gasteiger charge is -2.13. The van der Waals surface area contributed by atoms with Crippen LogP contribution in [0.4, 0.5) is 0 Å². The fraction of sp³-hybridized carbons (Fsp3) is 0.462. The lowest BCUT2D eigenvalue weighted by atomic mass is 10.1. The van der Waals surface area contributed by atoms with Crippen LogP contribution in [0, 0.1) is 12.8 Å². The molecule has 0 bridgehead atoms. The summed E-state index contributed by atoms with van der Waals surface area (Å²) in [5, 5.41) is 0. The van der Waals surface area contributed by atoms with Crippen molar-refractivity contribution in [1.82, 2.24) is 0 Å². The highest BCUT2D eigenvalue weighted by atomic mass is 79.9. The van der Waals surface area contributed by atoms with Crippen molar-refractivity contribution in [2.75, 3.05) is 6.61 Å². The van der Waals surface area contributed by atoms with Crippen LogP contribution in [0.2, 0.25) is 0 Å². The van der Waals surface area contributed by atoms with Crippen LogP contribution in [-0.2, 0) is 4.79 Å². The molecule has 0 unspecified atom stereocenters. The molecular formula is C13H18BrNO2. The molecule has 0 saturated carbocycles. The summed E-state index contributed by atoms with van der Waals surface area (Å²) in [7, 11) is 0. The lowest BCUT2D eigenvalue weighted by Crippen LogP contribution is -2.15. The van der Waals surface area contributed by atoms with Crippen LogP contribution in [0.5, 0.6) is 5.75 Å². The van der Waals surface area contributed by atoms with E-state index in [2.05, 4.69) is 15.9 Å². The number of hydrogen-bond donors (Lipinski definition) is 1. The summed E-state index contributed by atoms with van der Waals surface area (Å²) in [5.74, 6) is 0.916. The van der Waals surface area contributed by atoms with E-state index in [-0.39, 0.29) is 5.91 Å². The molecule has 0 aliphatic carbocycles. The summed E-state index contributed by atoms with van der Waals surface area (Å²) in [4.78, 5) is 10.6. The smallest absolute Gasteiger partial charge is 0.217 e. The predicted molar refractivity (Wildman–Crippen MR) is 72.0 cm³/mol. The first-order valence-corrected chi connectivity index (χ1v) is 6.45. The van der Waals surface area contributed by atoms with Crippen molar-refractivity contribution in [3.8, 4) is 5.75 Å². The minimum Gasteiger partial charge on any atom is -0.493 e. The molecule has 0 aliphatic heterocycles. The zero-order valence-electron chi connectivity index (χ0n) is 10.2. The molecule has 1 rings (SSSR count). The molecule has 1 aromatic rings. The Bertz CT molecular complexity index is 373. The van der Waals surface area contributed by atoms with Gasteiger partial charge in [-0.25, -0.2) is 0 Å². The summed E-state index contributed by atoms with van der Waals surface area (Å²) in [5.41, 5.74) is 6.25. The van der Waals surface area contributed by atoms with Gasteiger partial charge in [0.1, 0.15) is 5.75 Å². The van der Waals surface area contributed by atoms with Crippen LogP contribution in [0.3, 0.4) is 0 Å². The second-order valence-electron chi connectivity index (χ2n) is 4.39. The van der Waals surface area contributed by atoms with Gasteiger partial charge in [-0.1, -0.05) is 22.9 Å². The van der Waals surface area contributed by atoms with Crippen LogP contribution in [-0.4, -0.2) is 12.5 Å². The van der Waals surface area contributed by atoms with Crippen molar-refractivity contribution in [2.24, 2.45) is 11.7 Å². The topological polar surface area (TPSA) is 52.3 Å². The summed E-state index contributed by atoms with van der Waals surface area (Å²) < 4.78 is 6.69. The summed E-state index contributed by atoms with van der Waals surface area (Å²) in [6.07, 6.45) is 1.18. The molecule has 0 fully saturated rings. The van der Waals surface area contributed by atoms with Crippen LogP contribution in [0.1, 0.15) is 25.3 Å². The Morgan fingerprint density at radius 1 is 1.47 bits per heavy atom. The average Bonchev–Trinajstić information content (AvgIpc) is 2.22. The maximum atomic E-state index is 10.6. The number of ether oxygens (including phenoxy) is 1. The van der Waals surface area contributed by atoms with Crippen LogP contribution in [0.15, 0.2) is 22.7 Å². The first kappa shape index (κ1) is 14.0. The Labute approximate surface area is 110 Å². The van der Waals surface area contributed by atoms with Crippen molar-refractivity contribution in [3.63, 3.8) is 0 Å². The molecule has 0 heterocycles. The number of rotatable bonds is 6. The largest absolute Gasteiger partial charge is 0.493 e. The molecule has 1 atom stereocenters. The highest BCUT2D eigenvalue weighted by Crippen LogP contribution is 2.21. The molecule has 17 heavy (non-hydrogen) atoms. The highest BCUT2D eigenvalue weighted by molar-refractivity contribution is 9.10. The summed E-state index contributed by atoms with van der Waals surface area (Å²) in [6.45, 7) is 4.67. The molecule has 0 aromatic heterocycles. The summed E-state index contributed by atoms with van der Waals surface area (Å²) >= 11 is 3.43. The standard InChI is InChI=1S/C13H18BrNO2/c1-9(3-4-13(15)16)8-17-12-6-10(2)5-11(14)7-12/h5-7,9H,3-4,8H2,1-2H3,(H2,15,16)/t9-/m0/s1. The van der Waals surface area contributed by atoms with E-state index in [0.717, 1.165) is 22.2 Å². The van der Waals surface area contributed by atoms with E-state index in [9.17, 15) is 4.79 Å². The quantitative estimate of drug-likeness (QED) is 0.878. The van der Waals surface area contributed by atoms with Crippen molar-refractivity contribution in [3.05, 3.63) is 28.2 Å². The van der Waals surface area contributed by atoms with E-state index in [1.165, 1.54) is 0 Å². The molecule has 2 N–H and O–H groups in total. The number of amides is 1. The molecule has 0 radical (unpaired) electrons. The number of hydrogen-bond acceptors (Lipinski definition) is 2. The molecule has 1 amide bonds. The second-order valence-corrected chi connectivity index (χ2v) is 5.30. The molecule has 0 spiro atoms. The van der Waals surface area contributed by atoms with Gasteiger partial charge in [-0.2, -0.15) is 0 Å².